The van der Waals surface area contributed by atoms with Gasteiger partial charge in [-0.3, -0.25) is 9.59 Å². The Morgan fingerprint density at radius 2 is 2.24 bits per heavy atom. The number of amides is 2. The lowest BCUT2D eigenvalue weighted by Gasteiger charge is -2.40. The third-order valence-electron chi connectivity index (χ3n) is 3.32. The van der Waals surface area contributed by atoms with Gasteiger partial charge in [0.15, 0.2) is 0 Å². The summed E-state index contributed by atoms with van der Waals surface area (Å²) in [5.41, 5.74) is 5.06. The molecule has 2 saturated heterocycles. The molecule has 2 amide bonds. The molecule has 17 heavy (non-hydrogen) atoms. The fourth-order valence-corrected chi connectivity index (χ4v) is 3.80. The molecule has 0 bridgehead atoms. The molecule has 96 valence electrons. The second kappa shape index (κ2) is 5.27. The Hall–Kier alpha value is -0.750. The van der Waals surface area contributed by atoms with Crippen LogP contribution in [0, 0.1) is 0 Å². The van der Waals surface area contributed by atoms with E-state index in [0.29, 0.717) is 0 Å². The number of nitrogens with two attached hydrogens (primary N) is 1. The van der Waals surface area contributed by atoms with Gasteiger partial charge in [0.2, 0.25) is 11.8 Å². The summed E-state index contributed by atoms with van der Waals surface area (Å²) >= 11 is 1.91. The molecule has 0 aliphatic carbocycles. The van der Waals surface area contributed by atoms with Crippen LogP contribution in [0.4, 0.5) is 0 Å². The summed E-state index contributed by atoms with van der Waals surface area (Å²) in [6.07, 6.45) is 2.55. The molecule has 2 rings (SSSR count). The van der Waals surface area contributed by atoms with Gasteiger partial charge in [-0.05, 0) is 12.8 Å². The van der Waals surface area contributed by atoms with Crippen LogP contribution in [-0.2, 0) is 9.59 Å². The normalized spacial score (nSPS) is 28.6. The van der Waals surface area contributed by atoms with Gasteiger partial charge < -0.3 is 16.0 Å². The van der Waals surface area contributed by atoms with Crippen molar-refractivity contribution in [3.8, 4) is 0 Å². The number of piperidine rings is 1. The van der Waals surface area contributed by atoms with Gasteiger partial charge in [-0.1, -0.05) is 0 Å². The smallest absolute Gasteiger partial charge is 0.223 e. The molecular weight excluding hydrogens is 238 g/mol. The number of carbonyl (C=O) groups excluding carboxylic acids is 2. The molecule has 0 aromatic heterocycles. The highest BCUT2D eigenvalue weighted by molar-refractivity contribution is 8.00. The highest BCUT2D eigenvalue weighted by atomic mass is 32.2. The van der Waals surface area contributed by atoms with Gasteiger partial charge in [-0.2, -0.15) is 0 Å². The maximum atomic E-state index is 11.9. The van der Waals surface area contributed by atoms with Crippen molar-refractivity contribution in [2.24, 2.45) is 5.73 Å². The zero-order valence-corrected chi connectivity index (χ0v) is 10.7. The van der Waals surface area contributed by atoms with Crippen molar-refractivity contribution in [1.82, 2.24) is 10.2 Å². The van der Waals surface area contributed by atoms with Crippen LogP contribution in [0.5, 0.6) is 0 Å². The molecule has 2 heterocycles. The van der Waals surface area contributed by atoms with Gasteiger partial charge in [0.05, 0.1) is 4.87 Å². The summed E-state index contributed by atoms with van der Waals surface area (Å²) in [4.78, 5) is 24.5. The molecule has 2 aliphatic heterocycles. The van der Waals surface area contributed by atoms with Crippen molar-refractivity contribution in [2.75, 3.05) is 25.4 Å². The number of hydrogen-bond donors (Lipinski definition) is 2. The van der Waals surface area contributed by atoms with Crippen LogP contribution in [0.25, 0.3) is 0 Å². The lowest BCUT2D eigenvalue weighted by molar-refractivity contribution is -0.134. The average Bonchev–Trinajstić information content (AvgIpc) is 2.74. The number of carbonyl (C=O) groups is 2. The van der Waals surface area contributed by atoms with E-state index in [4.69, 9.17) is 5.73 Å². The molecule has 0 radical (unpaired) electrons. The van der Waals surface area contributed by atoms with Crippen molar-refractivity contribution in [3.63, 3.8) is 0 Å². The van der Waals surface area contributed by atoms with E-state index in [1.807, 2.05) is 16.7 Å². The zero-order valence-electron chi connectivity index (χ0n) is 9.91. The van der Waals surface area contributed by atoms with Crippen LogP contribution in [0.3, 0.4) is 0 Å². The van der Waals surface area contributed by atoms with Gasteiger partial charge in [0.25, 0.3) is 0 Å². The van der Waals surface area contributed by atoms with E-state index in [2.05, 4.69) is 5.32 Å². The Balaban J connectivity index is 1.88. The fourth-order valence-electron chi connectivity index (χ4n) is 2.46. The molecule has 0 aromatic carbocycles. The van der Waals surface area contributed by atoms with E-state index in [1.165, 1.54) is 0 Å². The highest BCUT2D eigenvalue weighted by Crippen LogP contribution is 2.35. The Morgan fingerprint density at radius 1 is 1.41 bits per heavy atom. The molecule has 3 N–H and O–H groups in total. The number of likely N-dealkylation sites (tertiary alicyclic amines) is 1. The molecular formula is C11H19N3O2S. The first-order chi connectivity index (χ1) is 8.11. The van der Waals surface area contributed by atoms with Crippen LogP contribution in [0.2, 0.25) is 0 Å². The highest BCUT2D eigenvalue weighted by Gasteiger charge is 2.39. The average molecular weight is 257 g/mol. The van der Waals surface area contributed by atoms with E-state index in [0.717, 1.165) is 38.2 Å². The third kappa shape index (κ3) is 3.13. The topological polar surface area (TPSA) is 75.4 Å². The SMILES string of the molecule is NC(=O)CCC(=O)N1CCCC2(C1)NCCS2. The summed E-state index contributed by atoms with van der Waals surface area (Å²) in [6.45, 7) is 2.59. The number of hydrogen-bond acceptors (Lipinski definition) is 4. The quantitative estimate of drug-likeness (QED) is 0.741. The number of primary amides is 1. The van der Waals surface area contributed by atoms with Crippen molar-refractivity contribution < 1.29 is 9.59 Å². The summed E-state index contributed by atoms with van der Waals surface area (Å²) in [7, 11) is 0. The molecule has 0 aromatic rings. The van der Waals surface area contributed by atoms with E-state index < -0.39 is 5.91 Å². The first-order valence-corrected chi connectivity index (χ1v) is 7.05. The molecule has 1 spiro atoms. The molecule has 2 fully saturated rings. The van der Waals surface area contributed by atoms with Crippen LogP contribution in [0.1, 0.15) is 25.7 Å². The van der Waals surface area contributed by atoms with Gasteiger partial charge in [-0.15, -0.1) is 11.8 Å². The minimum absolute atomic E-state index is 0.0529. The second-order valence-electron chi connectivity index (χ2n) is 4.65. The minimum atomic E-state index is -0.404. The Labute approximate surface area is 105 Å². The molecule has 0 saturated carbocycles. The van der Waals surface area contributed by atoms with E-state index in [-0.39, 0.29) is 23.6 Å². The van der Waals surface area contributed by atoms with Gasteiger partial charge in [0.1, 0.15) is 0 Å². The summed E-state index contributed by atoms with van der Waals surface area (Å²) in [6, 6.07) is 0. The molecule has 1 unspecified atom stereocenters. The Bertz CT molecular complexity index is 316. The number of nitrogens with one attached hydrogen (secondary N) is 1. The van der Waals surface area contributed by atoms with Crippen molar-refractivity contribution in [3.05, 3.63) is 0 Å². The summed E-state index contributed by atoms with van der Waals surface area (Å²) < 4.78 is 0. The summed E-state index contributed by atoms with van der Waals surface area (Å²) in [5.74, 6) is 0.763. The lowest BCUT2D eigenvalue weighted by Crippen LogP contribution is -2.53. The van der Waals surface area contributed by atoms with Crippen LogP contribution < -0.4 is 11.1 Å². The standard InChI is InChI=1S/C11H19N3O2S/c12-9(15)2-3-10(16)14-6-1-4-11(8-14)13-5-7-17-11/h13H,1-8H2,(H2,12,15). The summed E-state index contributed by atoms with van der Waals surface area (Å²) in [5, 5.41) is 3.50. The predicted octanol–water partition coefficient (Wildman–Crippen LogP) is -0.0930. The minimum Gasteiger partial charge on any atom is -0.370 e. The van der Waals surface area contributed by atoms with Crippen molar-refractivity contribution in [2.45, 2.75) is 30.6 Å². The maximum Gasteiger partial charge on any atom is 0.223 e. The largest absolute Gasteiger partial charge is 0.370 e. The third-order valence-corrected chi connectivity index (χ3v) is 4.76. The predicted molar refractivity (Wildman–Crippen MR) is 67.4 cm³/mol. The monoisotopic (exact) mass is 257 g/mol. The van der Waals surface area contributed by atoms with Gasteiger partial charge >= 0.3 is 0 Å². The molecule has 1 atom stereocenters. The fraction of sp³-hybridized carbons (Fsp3) is 0.818. The van der Waals surface area contributed by atoms with Gasteiger partial charge in [-0.25, -0.2) is 0 Å². The first kappa shape index (κ1) is 12.7. The zero-order chi connectivity index (χ0) is 12.3. The first-order valence-electron chi connectivity index (χ1n) is 6.06. The number of rotatable bonds is 3. The van der Waals surface area contributed by atoms with E-state index in [9.17, 15) is 9.59 Å². The van der Waals surface area contributed by atoms with E-state index in [1.54, 1.807) is 0 Å². The lowest BCUT2D eigenvalue weighted by atomic mass is 10.0. The van der Waals surface area contributed by atoms with Crippen LogP contribution >= 0.6 is 11.8 Å². The maximum absolute atomic E-state index is 11.9. The van der Waals surface area contributed by atoms with Gasteiger partial charge in [0, 0.05) is 38.2 Å². The molecule has 2 aliphatic rings. The second-order valence-corrected chi connectivity index (χ2v) is 6.13. The Morgan fingerprint density at radius 3 is 2.88 bits per heavy atom. The van der Waals surface area contributed by atoms with Crippen LogP contribution in [-0.4, -0.2) is 47.0 Å². The van der Waals surface area contributed by atoms with Crippen molar-refractivity contribution in [1.29, 1.82) is 0 Å². The van der Waals surface area contributed by atoms with E-state index >= 15 is 0 Å². The Kier molecular flexibility index (Phi) is 3.93. The van der Waals surface area contributed by atoms with Crippen molar-refractivity contribution >= 4 is 23.6 Å². The molecule has 6 heteroatoms. The number of nitrogens with zero attached hydrogens (tertiary/aromatic N) is 1. The molecule has 5 nitrogen and oxygen atoms in total. The van der Waals surface area contributed by atoms with Crippen LogP contribution in [0.15, 0.2) is 0 Å². The number of thioether (sulfide) groups is 1.